The van der Waals surface area contributed by atoms with Crippen molar-refractivity contribution in [3.05, 3.63) is 52.5 Å². The number of carbonyl (C=O) groups is 2. The van der Waals surface area contributed by atoms with Gasteiger partial charge >= 0.3 is 0 Å². The van der Waals surface area contributed by atoms with E-state index in [1.54, 1.807) is 36.1 Å². The lowest BCUT2D eigenvalue weighted by molar-refractivity contribution is -0.116. The fraction of sp³-hybridized carbons (Fsp3) is 0.263. The number of hydrogen-bond acceptors (Lipinski definition) is 3. The molecule has 0 radical (unpaired) electrons. The van der Waals surface area contributed by atoms with Crippen molar-refractivity contribution >= 4 is 34.8 Å². The Morgan fingerprint density at radius 3 is 2.72 bits per heavy atom. The van der Waals surface area contributed by atoms with Crippen LogP contribution >= 0.6 is 11.6 Å². The lowest BCUT2D eigenvalue weighted by Crippen LogP contribution is -2.33. The van der Waals surface area contributed by atoms with Crippen LogP contribution in [0.4, 0.5) is 11.4 Å². The van der Waals surface area contributed by atoms with Crippen molar-refractivity contribution in [2.45, 2.75) is 19.8 Å². The van der Waals surface area contributed by atoms with Crippen molar-refractivity contribution in [2.75, 3.05) is 23.9 Å². The molecule has 1 N–H and O–H groups in total. The number of methoxy groups -OCH3 is 1. The number of nitrogens with one attached hydrogen (secondary N) is 1. The van der Waals surface area contributed by atoms with E-state index in [2.05, 4.69) is 5.32 Å². The minimum Gasteiger partial charge on any atom is -0.496 e. The molecule has 0 saturated carbocycles. The molecule has 5 nitrogen and oxygen atoms in total. The number of halogens is 1. The molecule has 0 spiro atoms. The molecule has 1 aliphatic heterocycles. The second-order valence-corrected chi connectivity index (χ2v) is 6.35. The van der Waals surface area contributed by atoms with Crippen molar-refractivity contribution in [3.63, 3.8) is 0 Å². The van der Waals surface area contributed by atoms with Gasteiger partial charge in [-0.1, -0.05) is 11.6 Å². The van der Waals surface area contributed by atoms with Gasteiger partial charge in [0.05, 0.1) is 12.7 Å². The Morgan fingerprint density at radius 1 is 1.20 bits per heavy atom. The maximum absolute atomic E-state index is 12.6. The van der Waals surface area contributed by atoms with E-state index in [1.165, 1.54) is 7.11 Å². The van der Waals surface area contributed by atoms with Crippen LogP contribution in [0.25, 0.3) is 0 Å². The van der Waals surface area contributed by atoms with Gasteiger partial charge in [-0.2, -0.15) is 0 Å². The molecule has 0 saturated heterocycles. The summed E-state index contributed by atoms with van der Waals surface area (Å²) in [5.41, 5.74) is 3.02. The first-order valence-corrected chi connectivity index (χ1v) is 8.43. The Hall–Kier alpha value is -2.53. The Balaban J connectivity index is 1.86. The van der Waals surface area contributed by atoms with Gasteiger partial charge in [0, 0.05) is 29.9 Å². The van der Waals surface area contributed by atoms with Crippen LogP contribution in [0.5, 0.6) is 5.75 Å². The highest BCUT2D eigenvalue weighted by molar-refractivity contribution is 6.31. The summed E-state index contributed by atoms with van der Waals surface area (Å²) in [6.45, 7) is 2.30. The minimum atomic E-state index is -0.293. The summed E-state index contributed by atoms with van der Waals surface area (Å²) in [5, 5.41) is 3.34. The van der Waals surface area contributed by atoms with Crippen molar-refractivity contribution in [1.82, 2.24) is 0 Å². The average molecular weight is 359 g/mol. The third kappa shape index (κ3) is 3.61. The van der Waals surface area contributed by atoms with Gasteiger partial charge in [0.15, 0.2) is 0 Å². The van der Waals surface area contributed by atoms with E-state index in [9.17, 15) is 9.59 Å². The number of carbonyl (C=O) groups excluding carboxylic acids is 2. The zero-order valence-corrected chi connectivity index (χ0v) is 14.9. The van der Waals surface area contributed by atoms with Crippen LogP contribution in [0.15, 0.2) is 36.4 Å². The van der Waals surface area contributed by atoms with Crippen molar-refractivity contribution in [3.8, 4) is 5.75 Å². The van der Waals surface area contributed by atoms with Gasteiger partial charge in [0.25, 0.3) is 5.91 Å². The number of aryl methyl sites for hydroxylation is 1. The maximum Gasteiger partial charge on any atom is 0.259 e. The van der Waals surface area contributed by atoms with E-state index in [0.717, 1.165) is 30.6 Å². The molecule has 0 fully saturated rings. The number of hydrogen-bond donors (Lipinski definition) is 1. The summed E-state index contributed by atoms with van der Waals surface area (Å²) in [4.78, 5) is 26.1. The Kier molecular flexibility index (Phi) is 4.95. The van der Waals surface area contributed by atoms with E-state index < -0.39 is 0 Å². The molecular formula is C19H19ClN2O3. The molecule has 0 aliphatic carbocycles. The predicted octanol–water partition coefficient (Wildman–Crippen LogP) is 3.90. The van der Waals surface area contributed by atoms with E-state index >= 15 is 0 Å². The highest BCUT2D eigenvalue weighted by Gasteiger charge is 2.21. The molecule has 25 heavy (non-hydrogen) atoms. The number of nitrogens with zero attached hydrogens (tertiary/aromatic N) is 1. The quantitative estimate of drug-likeness (QED) is 0.905. The number of ether oxygens (including phenoxy) is 1. The molecule has 6 heteroatoms. The largest absolute Gasteiger partial charge is 0.496 e. The maximum atomic E-state index is 12.6. The van der Waals surface area contributed by atoms with Crippen LogP contribution in [0, 0.1) is 0 Å². The van der Waals surface area contributed by atoms with Gasteiger partial charge in [-0.3, -0.25) is 9.59 Å². The van der Waals surface area contributed by atoms with Crippen LogP contribution < -0.4 is 15.0 Å². The fourth-order valence-electron chi connectivity index (χ4n) is 3.06. The molecule has 1 heterocycles. The summed E-state index contributed by atoms with van der Waals surface area (Å²) < 4.78 is 5.23. The Morgan fingerprint density at radius 2 is 2.00 bits per heavy atom. The molecule has 0 atom stereocenters. The standard InChI is InChI=1S/C19H19ClN2O3/c1-12(23)22-9-3-4-13-10-15(6-7-17(13)22)21-19(24)16-11-14(20)5-8-18(16)25-2/h5-8,10-11H,3-4,9H2,1-2H3,(H,21,24). The fourth-order valence-corrected chi connectivity index (χ4v) is 3.23. The van der Waals surface area contributed by atoms with Gasteiger partial charge in [0.1, 0.15) is 5.75 Å². The smallest absolute Gasteiger partial charge is 0.259 e. The van der Waals surface area contributed by atoms with Crippen LogP contribution in [-0.4, -0.2) is 25.5 Å². The van der Waals surface area contributed by atoms with Gasteiger partial charge < -0.3 is 15.0 Å². The molecule has 130 valence electrons. The monoisotopic (exact) mass is 358 g/mol. The number of amides is 2. The number of benzene rings is 2. The summed E-state index contributed by atoms with van der Waals surface area (Å²) in [5.74, 6) is 0.197. The van der Waals surface area contributed by atoms with E-state index in [0.29, 0.717) is 22.0 Å². The van der Waals surface area contributed by atoms with Gasteiger partial charge in [0.2, 0.25) is 5.91 Å². The summed E-state index contributed by atoms with van der Waals surface area (Å²) >= 11 is 5.99. The zero-order valence-electron chi connectivity index (χ0n) is 14.1. The van der Waals surface area contributed by atoms with Crippen LogP contribution in [0.1, 0.15) is 29.3 Å². The minimum absolute atomic E-state index is 0.0291. The zero-order chi connectivity index (χ0) is 18.0. The third-order valence-electron chi connectivity index (χ3n) is 4.24. The lowest BCUT2D eigenvalue weighted by atomic mass is 10.0. The molecule has 3 rings (SSSR count). The second-order valence-electron chi connectivity index (χ2n) is 5.92. The van der Waals surface area contributed by atoms with Gasteiger partial charge in [-0.05, 0) is 54.8 Å². The third-order valence-corrected chi connectivity index (χ3v) is 4.48. The van der Waals surface area contributed by atoms with Crippen molar-refractivity contribution < 1.29 is 14.3 Å². The highest BCUT2D eigenvalue weighted by Crippen LogP contribution is 2.30. The van der Waals surface area contributed by atoms with Crippen LogP contribution in [0.3, 0.4) is 0 Å². The average Bonchev–Trinajstić information content (AvgIpc) is 2.60. The molecular weight excluding hydrogens is 340 g/mol. The number of rotatable bonds is 3. The SMILES string of the molecule is COc1ccc(Cl)cc1C(=O)Nc1ccc2c(c1)CCCN2C(C)=O. The first-order chi connectivity index (χ1) is 12.0. The molecule has 0 bridgehead atoms. The summed E-state index contributed by atoms with van der Waals surface area (Å²) in [7, 11) is 1.51. The van der Waals surface area contributed by atoms with Gasteiger partial charge in [-0.25, -0.2) is 0 Å². The first kappa shape index (κ1) is 17.3. The Labute approximate surface area is 151 Å². The van der Waals surface area contributed by atoms with Crippen molar-refractivity contribution in [2.24, 2.45) is 0 Å². The first-order valence-electron chi connectivity index (χ1n) is 8.05. The van der Waals surface area contributed by atoms with Crippen molar-refractivity contribution in [1.29, 1.82) is 0 Å². The van der Waals surface area contributed by atoms with Crippen LogP contribution in [0.2, 0.25) is 5.02 Å². The van der Waals surface area contributed by atoms with E-state index in [-0.39, 0.29) is 11.8 Å². The molecule has 1 aliphatic rings. The number of anilines is 2. The van der Waals surface area contributed by atoms with E-state index in [1.807, 2.05) is 12.1 Å². The lowest BCUT2D eigenvalue weighted by Gasteiger charge is -2.29. The molecule has 2 amide bonds. The van der Waals surface area contributed by atoms with E-state index in [4.69, 9.17) is 16.3 Å². The van der Waals surface area contributed by atoms with Gasteiger partial charge in [-0.15, -0.1) is 0 Å². The summed E-state index contributed by atoms with van der Waals surface area (Å²) in [6.07, 6.45) is 1.79. The molecule has 2 aromatic rings. The topological polar surface area (TPSA) is 58.6 Å². The molecule has 0 aromatic heterocycles. The van der Waals surface area contributed by atoms with Crippen LogP contribution in [-0.2, 0) is 11.2 Å². The normalized spacial score (nSPS) is 13.2. The highest BCUT2D eigenvalue weighted by atomic mass is 35.5. The second kappa shape index (κ2) is 7.15. The summed E-state index contributed by atoms with van der Waals surface area (Å²) in [6, 6.07) is 10.5. The molecule has 2 aromatic carbocycles. The Bertz CT molecular complexity index is 835. The predicted molar refractivity (Wildman–Crippen MR) is 98.7 cm³/mol. The molecule has 0 unspecified atom stereocenters. The number of fused-ring (bicyclic) bond motifs is 1.